The van der Waals surface area contributed by atoms with Gasteiger partial charge < -0.3 is 5.32 Å². The molecule has 0 fully saturated rings. The van der Waals surface area contributed by atoms with E-state index >= 15 is 0 Å². The van der Waals surface area contributed by atoms with Gasteiger partial charge in [0.15, 0.2) is 0 Å². The Morgan fingerprint density at radius 2 is 1.50 bits per heavy atom. The standard InChI is InChI=1S/C11H9Cl3N4/c1-6(7-2-4-8(12)5-3-7)15-11-17-9(13)16-10(14)18-11/h2-6H,1H3,(H,15,16,17,18). The van der Waals surface area contributed by atoms with Gasteiger partial charge in [-0.2, -0.15) is 15.0 Å². The molecule has 0 aliphatic rings. The number of halogens is 3. The Bertz CT molecular complexity index is 524. The Labute approximate surface area is 119 Å². The first-order chi connectivity index (χ1) is 8.54. The lowest BCUT2D eigenvalue weighted by molar-refractivity contribution is 0.853. The van der Waals surface area contributed by atoms with E-state index in [0.717, 1.165) is 5.56 Å². The molecule has 0 bridgehead atoms. The lowest BCUT2D eigenvalue weighted by atomic mass is 10.1. The zero-order valence-corrected chi connectivity index (χ0v) is 11.6. The normalized spacial score (nSPS) is 12.2. The topological polar surface area (TPSA) is 50.7 Å². The van der Waals surface area contributed by atoms with Gasteiger partial charge in [-0.05, 0) is 47.8 Å². The van der Waals surface area contributed by atoms with Crippen molar-refractivity contribution in [1.29, 1.82) is 0 Å². The maximum atomic E-state index is 5.83. The number of anilines is 1. The Morgan fingerprint density at radius 3 is 2.06 bits per heavy atom. The van der Waals surface area contributed by atoms with Crippen LogP contribution >= 0.6 is 34.8 Å². The van der Waals surface area contributed by atoms with Gasteiger partial charge in [-0.15, -0.1) is 0 Å². The van der Waals surface area contributed by atoms with E-state index in [1.165, 1.54) is 0 Å². The number of benzene rings is 1. The van der Waals surface area contributed by atoms with Gasteiger partial charge in [0.1, 0.15) is 0 Å². The molecule has 1 N–H and O–H groups in total. The van der Waals surface area contributed by atoms with E-state index in [0.29, 0.717) is 11.0 Å². The average Bonchev–Trinajstić information content (AvgIpc) is 2.28. The van der Waals surface area contributed by atoms with Crippen molar-refractivity contribution < 1.29 is 0 Å². The van der Waals surface area contributed by atoms with Crippen LogP contribution in [0.1, 0.15) is 18.5 Å². The monoisotopic (exact) mass is 302 g/mol. The van der Waals surface area contributed by atoms with Crippen LogP contribution < -0.4 is 5.32 Å². The Hall–Kier alpha value is -1.10. The summed E-state index contributed by atoms with van der Waals surface area (Å²) in [6, 6.07) is 7.48. The van der Waals surface area contributed by atoms with Crippen LogP contribution in [-0.4, -0.2) is 15.0 Å². The van der Waals surface area contributed by atoms with Crippen LogP contribution in [0.3, 0.4) is 0 Å². The molecule has 94 valence electrons. The fourth-order valence-corrected chi connectivity index (χ4v) is 1.91. The van der Waals surface area contributed by atoms with Crippen molar-refractivity contribution in [3.8, 4) is 0 Å². The van der Waals surface area contributed by atoms with Crippen molar-refractivity contribution in [2.75, 3.05) is 5.32 Å². The van der Waals surface area contributed by atoms with Gasteiger partial charge in [0.05, 0.1) is 6.04 Å². The highest BCUT2D eigenvalue weighted by atomic mass is 35.5. The van der Waals surface area contributed by atoms with Crippen LogP contribution in [-0.2, 0) is 0 Å². The van der Waals surface area contributed by atoms with Crippen molar-refractivity contribution in [3.63, 3.8) is 0 Å². The summed E-state index contributed by atoms with van der Waals surface area (Å²) in [6.45, 7) is 1.97. The molecule has 2 rings (SSSR count). The summed E-state index contributed by atoms with van der Waals surface area (Å²) in [5.41, 5.74) is 1.05. The van der Waals surface area contributed by atoms with E-state index < -0.39 is 0 Å². The molecular weight excluding hydrogens is 295 g/mol. The lowest BCUT2D eigenvalue weighted by Crippen LogP contribution is -2.10. The second kappa shape index (κ2) is 5.69. The number of hydrogen-bond acceptors (Lipinski definition) is 4. The summed E-state index contributed by atoms with van der Waals surface area (Å²) in [4.78, 5) is 11.6. The van der Waals surface area contributed by atoms with Crippen LogP contribution in [0.2, 0.25) is 15.6 Å². The lowest BCUT2D eigenvalue weighted by Gasteiger charge is -2.14. The maximum absolute atomic E-state index is 5.83. The van der Waals surface area contributed by atoms with Gasteiger partial charge in [0.2, 0.25) is 16.5 Å². The van der Waals surface area contributed by atoms with Gasteiger partial charge in [-0.1, -0.05) is 23.7 Å². The van der Waals surface area contributed by atoms with Crippen LogP contribution in [0.25, 0.3) is 0 Å². The highest BCUT2D eigenvalue weighted by molar-refractivity contribution is 6.31. The van der Waals surface area contributed by atoms with Crippen LogP contribution in [0, 0.1) is 0 Å². The minimum atomic E-state index is -0.00296. The molecule has 0 spiro atoms. The number of aromatic nitrogens is 3. The SMILES string of the molecule is CC(Nc1nc(Cl)nc(Cl)n1)c1ccc(Cl)cc1. The van der Waals surface area contributed by atoms with Crippen molar-refractivity contribution >= 4 is 40.8 Å². The Balaban J connectivity index is 2.15. The van der Waals surface area contributed by atoms with Gasteiger partial charge in [0, 0.05) is 5.02 Å². The molecule has 0 radical (unpaired) electrons. The molecule has 0 amide bonds. The smallest absolute Gasteiger partial charge is 0.228 e. The van der Waals surface area contributed by atoms with Crippen LogP contribution in [0.4, 0.5) is 5.95 Å². The fraction of sp³-hybridized carbons (Fsp3) is 0.182. The zero-order chi connectivity index (χ0) is 13.1. The van der Waals surface area contributed by atoms with E-state index in [1.807, 2.05) is 31.2 Å². The molecule has 1 aromatic carbocycles. The van der Waals surface area contributed by atoms with Crippen LogP contribution in [0.15, 0.2) is 24.3 Å². The summed E-state index contributed by atoms with van der Waals surface area (Å²) in [7, 11) is 0. The molecule has 1 unspecified atom stereocenters. The molecule has 0 aliphatic carbocycles. The predicted molar refractivity (Wildman–Crippen MR) is 73.3 cm³/mol. The number of hydrogen-bond donors (Lipinski definition) is 1. The zero-order valence-electron chi connectivity index (χ0n) is 9.36. The summed E-state index contributed by atoms with van der Waals surface area (Å²) in [5.74, 6) is 0.336. The van der Waals surface area contributed by atoms with Gasteiger partial charge >= 0.3 is 0 Å². The molecule has 1 aromatic heterocycles. The summed E-state index contributed by atoms with van der Waals surface area (Å²) < 4.78 is 0. The van der Waals surface area contributed by atoms with Crippen molar-refractivity contribution in [1.82, 2.24) is 15.0 Å². The summed E-state index contributed by atoms with van der Waals surface area (Å²) >= 11 is 17.2. The number of nitrogens with one attached hydrogen (secondary N) is 1. The van der Waals surface area contributed by atoms with Crippen LogP contribution in [0.5, 0.6) is 0 Å². The molecule has 0 aliphatic heterocycles. The summed E-state index contributed by atoms with van der Waals surface area (Å²) in [5, 5.41) is 3.89. The third-order valence-corrected chi connectivity index (χ3v) is 2.89. The molecule has 2 aromatic rings. The van der Waals surface area contributed by atoms with Gasteiger partial charge in [0.25, 0.3) is 0 Å². The minimum Gasteiger partial charge on any atom is -0.348 e. The highest BCUT2D eigenvalue weighted by Gasteiger charge is 2.09. The molecule has 7 heteroatoms. The largest absolute Gasteiger partial charge is 0.348 e. The fourth-order valence-electron chi connectivity index (χ4n) is 1.42. The third-order valence-electron chi connectivity index (χ3n) is 2.30. The molecule has 0 saturated heterocycles. The molecule has 1 heterocycles. The maximum Gasteiger partial charge on any atom is 0.228 e. The van der Waals surface area contributed by atoms with Gasteiger partial charge in [-0.3, -0.25) is 0 Å². The first kappa shape index (κ1) is 13.3. The molecule has 18 heavy (non-hydrogen) atoms. The Morgan fingerprint density at radius 1 is 0.944 bits per heavy atom. The Kier molecular flexibility index (Phi) is 4.22. The predicted octanol–water partition coefficient (Wildman–Crippen LogP) is 4.00. The number of rotatable bonds is 3. The minimum absolute atomic E-state index is 0.00296. The highest BCUT2D eigenvalue weighted by Crippen LogP contribution is 2.20. The number of nitrogens with zero attached hydrogens (tertiary/aromatic N) is 3. The van der Waals surface area contributed by atoms with Crippen molar-refractivity contribution in [2.24, 2.45) is 0 Å². The quantitative estimate of drug-likeness (QED) is 0.931. The van der Waals surface area contributed by atoms with Gasteiger partial charge in [-0.25, -0.2) is 0 Å². The summed E-state index contributed by atoms with van der Waals surface area (Å²) in [6.07, 6.45) is 0. The van der Waals surface area contributed by atoms with Crippen molar-refractivity contribution in [3.05, 3.63) is 45.4 Å². The first-order valence-corrected chi connectivity index (χ1v) is 6.27. The molecule has 1 atom stereocenters. The average molecular weight is 304 g/mol. The third kappa shape index (κ3) is 3.45. The van der Waals surface area contributed by atoms with E-state index in [-0.39, 0.29) is 16.6 Å². The molecule has 0 saturated carbocycles. The molecular formula is C11H9Cl3N4. The van der Waals surface area contributed by atoms with E-state index in [4.69, 9.17) is 34.8 Å². The van der Waals surface area contributed by atoms with E-state index in [2.05, 4.69) is 20.3 Å². The van der Waals surface area contributed by atoms with E-state index in [9.17, 15) is 0 Å². The second-order valence-corrected chi connectivity index (χ2v) is 4.73. The van der Waals surface area contributed by atoms with E-state index in [1.54, 1.807) is 0 Å². The first-order valence-electron chi connectivity index (χ1n) is 5.13. The van der Waals surface area contributed by atoms with Crippen molar-refractivity contribution in [2.45, 2.75) is 13.0 Å². The molecule has 4 nitrogen and oxygen atoms in total. The second-order valence-electron chi connectivity index (χ2n) is 3.61.